The number of benzene rings is 1. The summed E-state index contributed by atoms with van der Waals surface area (Å²) in [6, 6.07) is 4.54. The average Bonchev–Trinajstić information content (AvgIpc) is 3.04. The van der Waals surface area contributed by atoms with E-state index in [1.165, 1.54) is 30.5 Å². The second kappa shape index (κ2) is 9.11. The molecule has 2 atom stereocenters. The topological polar surface area (TPSA) is 91.6 Å². The molecule has 6 nitrogen and oxygen atoms in total. The van der Waals surface area contributed by atoms with Gasteiger partial charge in [-0.1, -0.05) is 39.0 Å². The van der Waals surface area contributed by atoms with Gasteiger partial charge in [0.1, 0.15) is 6.26 Å². The molecule has 30 heavy (non-hydrogen) atoms. The van der Waals surface area contributed by atoms with Crippen molar-refractivity contribution < 1.29 is 32.3 Å². The maximum Gasteiger partial charge on any atom is 0.416 e. The van der Waals surface area contributed by atoms with Crippen LogP contribution in [0, 0.1) is 5.41 Å². The van der Waals surface area contributed by atoms with Crippen molar-refractivity contribution in [1.82, 2.24) is 10.6 Å². The summed E-state index contributed by atoms with van der Waals surface area (Å²) in [5.41, 5.74) is -1.61. The standard InChI is InChI=1S/C20H22BrF3N2O4/c1-19(2,3)16(26-18(28)29)14(25-17(27)15-9-12(21)10-30-15)8-11-6-4-5-7-13(11)20(22,23)24/h4-7,9-10,14,16,26H,8H2,1-3H3,(H,25,27)(H,28,29)/t14-,16?/m0/s1. The highest BCUT2D eigenvalue weighted by Crippen LogP contribution is 2.33. The molecule has 0 fully saturated rings. The number of hydrogen-bond acceptors (Lipinski definition) is 3. The third-order valence-corrected chi connectivity index (χ3v) is 4.90. The molecule has 3 N–H and O–H groups in total. The van der Waals surface area contributed by atoms with Gasteiger partial charge in [0, 0.05) is 6.07 Å². The monoisotopic (exact) mass is 490 g/mol. The van der Waals surface area contributed by atoms with Crippen molar-refractivity contribution in [2.24, 2.45) is 5.41 Å². The van der Waals surface area contributed by atoms with Crippen molar-refractivity contribution in [3.8, 4) is 0 Å². The third kappa shape index (κ3) is 6.25. The van der Waals surface area contributed by atoms with Gasteiger partial charge in [-0.25, -0.2) is 4.79 Å². The van der Waals surface area contributed by atoms with E-state index >= 15 is 0 Å². The number of alkyl halides is 3. The van der Waals surface area contributed by atoms with Crippen molar-refractivity contribution in [3.05, 3.63) is 58.0 Å². The lowest BCUT2D eigenvalue weighted by atomic mass is 9.79. The summed E-state index contributed by atoms with van der Waals surface area (Å²) < 4.78 is 46.0. The van der Waals surface area contributed by atoms with Gasteiger partial charge in [-0.15, -0.1) is 0 Å². The number of hydrogen-bond donors (Lipinski definition) is 3. The van der Waals surface area contributed by atoms with Gasteiger partial charge in [0.2, 0.25) is 0 Å². The van der Waals surface area contributed by atoms with E-state index in [9.17, 15) is 27.9 Å². The molecule has 0 bridgehead atoms. The van der Waals surface area contributed by atoms with Crippen molar-refractivity contribution in [1.29, 1.82) is 0 Å². The van der Waals surface area contributed by atoms with E-state index in [1.54, 1.807) is 20.8 Å². The normalized spacial score (nSPS) is 14.1. The Bertz CT molecular complexity index is 906. The molecule has 10 heteroatoms. The third-order valence-electron chi connectivity index (χ3n) is 4.48. The zero-order valence-electron chi connectivity index (χ0n) is 16.5. The predicted molar refractivity (Wildman–Crippen MR) is 107 cm³/mol. The van der Waals surface area contributed by atoms with Crippen LogP contribution < -0.4 is 10.6 Å². The number of carbonyl (C=O) groups is 2. The lowest BCUT2D eigenvalue weighted by molar-refractivity contribution is -0.138. The number of rotatable bonds is 6. The number of halogens is 4. The molecule has 0 spiro atoms. The SMILES string of the molecule is CC(C)(C)C(NC(=O)O)[C@H](Cc1ccccc1C(F)(F)F)NC(=O)c1cc(Br)co1. The van der Waals surface area contributed by atoms with Crippen LogP contribution in [0.3, 0.4) is 0 Å². The Morgan fingerprint density at radius 3 is 2.30 bits per heavy atom. The Morgan fingerprint density at radius 2 is 1.80 bits per heavy atom. The lowest BCUT2D eigenvalue weighted by Gasteiger charge is -2.37. The van der Waals surface area contributed by atoms with E-state index < -0.39 is 41.2 Å². The van der Waals surface area contributed by atoms with Crippen molar-refractivity contribution in [2.45, 2.75) is 45.5 Å². The van der Waals surface area contributed by atoms with E-state index in [4.69, 9.17) is 4.42 Å². The number of amides is 2. The van der Waals surface area contributed by atoms with Crippen molar-refractivity contribution in [2.75, 3.05) is 0 Å². The Kier molecular flexibility index (Phi) is 7.23. The summed E-state index contributed by atoms with van der Waals surface area (Å²) in [7, 11) is 0. The van der Waals surface area contributed by atoms with Crippen LogP contribution in [0.4, 0.5) is 18.0 Å². The molecule has 1 unspecified atom stereocenters. The van der Waals surface area contributed by atoms with Crippen LogP contribution in [0.2, 0.25) is 0 Å². The second-order valence-corrected chi connectivity index (χ2v) is 8.78. The molecule has 2 rings (SSSR count). The molecule has 1 heterocycles. The van der Waals surface area contributed by atoms with Crippen molar-refractivity contribution in [3.63, 3.8) is 0 Å². The number of carbonyl (C=O) groups excluding carboxylic acids is 1. The number of carboxylic acid groups (broad SMARTS) is 1. The lowest BCUT2D eigenvalue weighted by Crippen LogP contribution is -2.58. The first-order valence-corrected chi connectivity index (χ1v) is 9.78. The highest BCUT2D eigenvalue weighted by atomic mass is 79.9. The Balaban J connectivity index is 2.45. The molecule has 0 aliphatic carbocycles. The van der Waals surface area contributed by atoms with Gasteiger partial charge in [0.05, 0.1) is 22.1 Å². The minimum atomic E-state index is -4.59. The summed E-state index contributed by atoms with van der Waals surface area (Å²) in [5, 5.41) is 14.3. The van der Waals surface area contributed by atoms with Gasteiger partial charge in [-0.3, -0.25) is 4.79 Å². The van der Waals surface area contributed by atoms with Crippen LogP contribution in [0.5, 0.6) is 0 Å². The Morgan fingerprint density at radius 1 is 1.17 bits per heavy atom. The molecule has 2 aromatic rings. The van der Waals surface area contributed by atoms with Crippen LogP contribution in [-0.2, 0) is 12.6 Å². The van der Waals surface area contributed by atoms with Crippen LogP contribution >= 0.6 is 15.9 Å². The molecule has 0 radical (unpaired) electrons. The van der Waals surface area contributed by atoms with Crippen LogP contribution in [0.1, 0.15) is 42.5 Å². The molecule has 1 aromatic heterocycles. The first kappa shape index (κ1) is 23.8. The van der Waals surface area contributed by atoms with E-state index in [0.29, 0.717) is 4.47 Å². The Labute approximate surface area is 180 Å². The second-order valence-electron chi connectivity index (χ2n) is 7.86. The largest absolute Gasteiger partial charge is 0.465 e. The first-order chi connectivity index (χ1) is 13.8. The zero-order valence-corrected chi connectivity index (χ0v) is 18.1. The first-order valence-electron chi connectivity index (χ1n) is 8.98. The average molecular weight is 491 g/mol. The van der Waals surface area contributed by atoms with Crippen LogP contribution in [0.25, 0.3) is 0 Å². The smallest absolute Gasteiger partial charge is 0.416 e. The fraction of sp³-hybridized carbons (Fsp3) is 0.400. The highest BCUT2D eigenvalue weighted by molar-refractivity contribution is 9.10. The molecule has 0 saturated carbocycles. The van der Waals surface area contributed by atoms with Gasteiger partial charge in [-0.2, -0.15) is 13.2 Å². The van der Waals surface area contributed by atoms with Crippen molar-refractivity contribution >= 4 is 27.9 Å². The summed E-state index contributed by atoms with van der Waals surface area (Å²) in [6.07, 6.45) is -4.89. The van der Waals surface area contributed by atoms with Gasteiger partial charge >= 0.3 is 12.3 Å². The number of furan rings is 1. The molecule has 1 aromatic carbocycles. The molecule has 0 aliphatic heterocycles. The highest BCUT2D eigenvalue weighted by Gasteiger charge is 2.38. The van der Waals surface area contributed by atoms with Gasteiger partial charge in [0.25, 0.3) is 5.91 Å². The quantitative estimate of drug-likeness (QED) is 0.526. The maximum absolute atomic E-state index is 13.5. The number of nitrogens with one attached hydrogen (secondary N) is 2. The molecular formula is C20H22BrF3N2O4. The van der Waals surface area contributed by atoms with Gasteiger partial charge in [-0.05, 0) is 39.4 Å². The van der Waals surface area contributed by atoms with Gasteiger partial charge < -0.3 is 20.2 Å². The molecule has 164 valence electrons. The fourth-order valence-corrected chi connectivity index (χ4v) is 3.49. The molecule has 0 aliphatic rings. The predicted octanol–water partition coefficient (Wildman–Crippen LogP) is 5.08. The van der Waals surface area contributed by atoms with Crippen LogP contribution in [0.15, 0.2) is 45.5 Å². The summed E-state index contributed by atoms with van der Waals surface area (Å²) in [5.74, 6) is -0.726. The molecular weight excluding hydrogens is 469 g/mol. The molecule has 2 amide bonds. The summed E-state index contributed by atoms with van der Waals surface area (Å²) in [4.78, 5) is 24.0. The Hall–Kier alpha value is -2.49. The van der Waals surface area contributed by atoms with E-state index in [0.717, 1.165) is 6.07 Å². The fourth-order valence-electron chi connectivity index (χ4n) is 3.19. The van der Waals surface area contributed by atoms with E-state index in [2.05, 4.69) is 26.6 Å². The van der Waals surface area contributed by atoms with E-state index in [-0.39, 0.29) is 17.7 Å². The molecule has 0 saturated heterocycles. The zero-order chi connectivity index (χ0) is 22.7. The maximum atomic E-state index is 13.5. The minimum absolute atomic E-state index is 0.0565. The van der Waals surface area contributed by atoms with Gasteiger partial charge in [0.15, 0.2) is 5.76 Å². The summed E-state index contributed by atoms with van der Waals surface area (Å²) in [6.45, 7) is 5.18. The minimum Gasteiger partial charge on any atom is -0.465 e. The van der Waals surface area contributed by atoms with E-state index in [1.807, 2.05) is 0 Å². The summed E-state index contributed by atoms with van der Waals surface area (Å²) >= 11 is 3.16. The van der Waals surface area contributed by atoms with Crippen LogP contribution in [-0.4, -0.2) is 29.2 Å².